The molecule has 4 rings (SSSR count). The largest absolute Gasteiger partial charge is 0.330 e. The summed E-state index contributed by atoms with van der Waals surface area (Å²) < 4.78 is 1.27. The number of rotatable bonds is 6. The van der Waals surface area contributed by atoms with Crippen molar-refractivity contribution in [3.63, 3.8) is 0 Å². The summed E-state index contributed by atoms with van der Waals surface area (Å²) in [6.45, 7) is 3.10. The van der Waals surface area contributed by atoms with E-state index in [1.165, 1.54) is 25.7 Å². The monoisotopic (exact) mass is 365 g/mol. The molecule has 25 heavy (non-hydrogen) atoms. The molecule has 0 bridgehead atoms. The summed E-state index contributed by atoms with van der Waals surface area (Å²) in [5.41, 5.74) is 3.86. The van der Waals surface area contributed by atoms with Crippen LogP contribution in [0.1, 0.15) is 34.0 Å². The lowest BCUT2D eigenvalue weighted by Gasteiger charge is -2.14. The number of nitrogens with two attached hydrogens (primary N) is 1. The number of nitrogens with zero attached hydrogens (tertiary/aromatic N) is 1. The number of quaternary nitrogens is 1. The van der Waals surface area contributed by atoms with Gasteiger partial charge in [0.15, 0.2) is 0 Å². The average Bonchev–Trinajstić information content (AvgIpc) is 3.32. The molecular formula is C21H21N2S2+. The molecule has 4 heteroatoms. The highest BCUT2D eigenvalue weighted by molar-refractivity contribution is 7.18. The van der Waals surface area contributed by atoms with Gasteiger partial charge in [-0.15, -0.1) is 22.7 Å². The third-order valence-corrected chi connectivity index (χ3v) is 6.48. The Morgan fingerprint density at radius 3 is 2.56 bits per heavy atom. The fourth-order valence-electron chi connectivity index (χ4n) is 3.07. The summed E-state index contributed by atoms with van der Waals surface area (Å²) in [4.78, 5) is 6.17. The zero-order valence-corrected chi connectivity index (χ0v) is 15.8. The number of aryl methyl sites for hydroxylation is 1. The SMILES string of the molecule is CCc1ccc([C@H]([NH2+]Cc2nc3ccccc3s2)c2cccs2)cc1. The fraction of sp³-hybridized carbons (Fsp3) is 0.190. The summed E-state index contributed by atoms with van der Waals surface area (Å²) in [5.74, 6) is 0. The Kier molecular flexibility index (Phi) is 4.92. The summed E-state index contributed by atoms with van der Waals surface area (Å²) in [7, 11) is 0. The maximum absolute atomic E-state index is 4.78. The van der Waals surface area contributed by atoms with Crippen molar-refractivity contribution in [2.45, 2.75) is 25.9 Å². The molecule has 0 saturated heterocycles. The molecule has 1 atom stereocenters. The molecule has 2 aromatic heterocycles. The van der Waals surface area contributed by atoms with Crippen LogP contribution in [0.25, 0.3) is 10.2 Å². The van der Waals surface area contributed by atoms with Crippen molar-refractivity contribution >= 4 is 32.9 Å². The summed E-state index contributed by atoms with van der Waals surface area (Å²) in [6, 6.07) is 22.1. The molecule has 0 unspecified atom stereocenters. The van der Waals surface area contributed by atoms with Crippen LogP contribution in [-0.4, -0.2) is 4.98 Å². The first-order valence-corrected chi connectivity index (χ1v) is 10.3. The number of hydrogen-bond donors (Lipinski definition) is 1. The van der Waals surface area contributed by atoms with Gasteiger partial charge in [0, 0.05) is 5.56 Å². The van der Waals surface area contributed by atoms with Crippen molar-refractivity contribution in [3.05, 3.63) is 87.1 Å². The number of aromatic nitrogens is 1. The van der Waals surface area contributed by atoms with E-state index < -0.39 is 0 Å². The molecule has 4 aromatic rings. The van der Waals surface area contributed by atoms with Gasteiger partial charge in [-0.05, 0) is 35.6 Å². The Morgan fingerprint density at radius 2 is 1.84 bits per heavy atom. The molecule has 0 aliphatic heterocycles. The molecule has 2 nitrogen and oxygen atoms in total. The number of para-hydroxylation sites is 1. The van der Waals surface area contributed by atoms with E-state index in [0.717, 1.165) is 18.5 Å². The third-order valence-electron chi connectivity index (χ3n) is 4.46. The second kappa shape index (κ2) is 7.48. The topological polar surface area (TPSA) is 29.5 Å². The maximum Gasteiger partial charge on any atom is 0.148 e. The molecule has 0 aliphatic rings. The van der Waals surface area contributed by atoms with Gasteiger partial charge in [0.1, 0.15) is 17.6 Å². The van der Waals surface area contributed by atoms with E-state index in [-0.39, 0.29) is 0 Å². The zero-order valence-electron chi connectivity index (χ0n) is 14.2. The first kappa shape index (κ1) is 16.5. The van der Waals surface area contributed by atoms with Gasteiger partial charge in [-0.1, -0.05) is 49.4 Å². The Labute approximate surface area is 156 Å². The lowest BCUT2D eigenvalue weighted by Crippen LogP contribution is -2.83. The predicted molar refractivity (Wildman–Crippen MR) is 107 cm³/mol. The van der Waals surface area contributed by atoms with E-state index in [9.17, 15) is 0 Å². The molecule has 2 aromatic carbocycles. The molecule has 2 N–H and O–H groups in total. The van der Waals surface area contributed by atoms with Gasteiger partial charge in [-0.25, -0.2) is 4.98 Å². The van der Waals surface area contributed by atoms with E-state index in [0.29, 0.717) is 6.04 Å². The van der Waals surface area contributed by atoms with Crippen molar-refractivity contribution in [2.24, 2.45) is 0 Å². The highest BCUT2D eigenvalue weighted by Crippen LogP contribution is 2.24. The van der Waals surface area contributed by atoms with Gasteiger partial charge in [0.05, 0.1) is 15.1 Å². The van der Waals surface area contributed by atoms with Crippen molar-refractivity contribution < 1.29 is 5.32 Å². The minimum atomic E-state index is 0.331. The molecule has 0 amide bonds. The van der Waals surface area contributed by atoms with Crippen LogP contribution in [0, 0.1) is 0 Å². The van der Waals surface area contributed by atoms with Crippen LogP contribution < -0.4 is 5.32 Å². The first-order valence-electron chi connectivity index (χ1n) is 8.63. The van der Waals surface area contributed by atoms with Crippen LogP contribution in [-0.2, 0) is 13.0 Å². The second-order valence-corrected chi connectivity index (χ2v) is 8.20. The Hall–Kier alpha value is -2.01. The second-order valence-electron chi connectivity index (χ2n) is 6.10. The summed E-state index contributed by atoms with van der Waals surface area (Å²) >= 11 is 3.63. The Balaban J connectivity index is 1.57. The van der Waals surface area contributed by atoms with E-state index in [1.807, 2.05) is 11.3 Å². The van der Waals surface area contributed by atoms with Gasteiger partial charge in [0.2, 0.25) is 0 Å². The zero-order chi connectivity index (χ0) is 17.1. The van der Waals surface area contributed by atoms with Gasteiger partial charge < -0.3 is 5.32 Å². The van der Waals surface area contributed by atoms with Crippen molar-refractivity contribution in [3.8, 4) is 0 Å². The predicted octanol–water partition coefficient (Wildman–Crippen LogP) is 4.77. The number of fused-ring (bicyclic) bond motifs is 1. The van der Waals surface area contributed by atoms with Crippen molar-refractivity contribution in [1.29, 1.82) is 0 Å². The smallest absolute Gasteiger partial charge is 0.148 e. The van der Waals surface area contributed by atoms with Crippen molar-refractivity contribution in [1.82, 2.24) is 4.98 Å². The number of hydrogen-bond acceptors (Lipinski definition) is 3. The normalized spacial score (nSPS) is 12.5. The molecule has 0 aliphatic carbocycles. The molecule has 0 saturated carbocycles. The van der Waals surface area contributed by atoms with Gasteiger partial charge >= 0.3 is 0 Å². The fourth-order valence-corrected chi connectivity index (χ4v) is 4.86. The van der Waals surface area contributed by atoms with Gasteiger partial charge in [0.25, 0.3) is 0 Å². The standard InChI is InChI=1S/C21H20N2S2/c1-2-15-9-11-16(12-10-15)21(19-8-5-13-24-19)22-14-20-23-17-6-3-4-7-18(17)25-20/h3-13,21-22H,2,14H2,1H3/p+1/t21-/m0/s1. The van der Waals surface area contributed by atoms with Gasteiger partial charge in [-0.2, -0.15) is 0 Å². The third kappa shape index (κ3) is 3.66. The minimum Gasteiger partial charge on any atom is -0.330 e. The highest BCUT2D eigenvalue weighted by Gasteiger charge is 2.19. The van der Waals surface area contributed by atoms with E-state index in [1.54, 1.807) is 11.3 Å². The minimum absolute atomic E-state index is 0.331. The highest BCUT2D eigenvalue weighted by atomic mass is 32.1. The van der Waals surface area contributed by atoms with E-state index in [2.05, 4.69) is 78.3 Å². The van der Waals surface area contributed by atoms with Crippen LogP contribution in [0.5, 0.6) is 0 Å². The van der Waals surface area contributed by atoms with E-state index in [4.69, 9.17) is 4.98 Å². The van der Waals surface area contributed by atoms with Crippen LogP contribution in [0.2, 0.25) is 0 Å². The summed E-state index contributed by atoms with van der Waals surface area (Å²) in [5, 5.41) is 5.76. The molecular weight excluding hydrogens is 344 g/mol. The molecule has 126 valence electrons. The van der Waals surface area contributed by atoms with E-state index >= 15 is 0 Å². The van der Waals surface area contributed by atoms with Crippen LogP contribution >= 0.6 is 22.7 Å². The molecule has 0 fully saturated rings. The van der Waals surface area contributed by atoms with Crippen LogP contribution in [0.15, 0.2) is 66.0 Å². The number of thiazole rings is 1. The maximum atomic E-state index is 4.78. The average molecular weight is 366 g/mol. The number of benzene rings is 2. The molecule has 0 spiro atoms. The quantitative estimate of drug-likeness (QED) is 0.524. The first-order chi connectivity index (χ1) is 12.3. The van der Waals surface area contributed by atoms with Crippen LogP contribution in [0.4, 0.5) is 0 Å². The summed E-state index contributed by atoms with van der Waals surface area (Å²) in [6.07, 6.45) is 1.08. The van der Waals surface area contributed by atoms with Gasteiger partial charge in [-0.3, -0.25) is 0 Å². The lowest BCUT2D eigenvalue weighted by atomic mass is 10.0. The molecule has 0 radical (unpaired) electrons. The Bertz CT molecular complexity index is 907. The molecule has 2 heterocycles. The Morgan fingerprint density at radius 1 is 1.00 bits per heavy atom. The number of thiophene rings is 1. The lowest BCUT2D eigenvalue weighted by molar-refractivity contribution is -0.701. The van der Waals surface area contributed by atoms with Crippen LogP contribution in [0.3, 0.4) is 0 Å². The van der Waals surface area contributed by atoms with Crippen molar-refractivity contribution in [2.75, 3.05) is 0 Å².